The first-order valence-electron chi connectivity index (χ1n) is 7.99. The number of hydrogen-bond donors (Lipinski definition) is 3. The van der Waals surface area contributed by atoms with Gasteiger partial charge in [-0.05, 0) is 25.0 Å². The zero-order valence-corrected chi connectivity index (χ0v) is 15.9. The van der Waals surface area contributed by atoms with Gasteiger partial charge in [0, 0.05) is 11.8 Å². The molecule has 2 N–H and O–H groups in total. The first-order chi connectivity index (χ1) is 12.0. The maximum atomic E-state index is 12.8. The molecule has 2 aliphatic heterocycles. The Morgan fingerprint density at radius 1 is 1.44 bits per heavy atom. The maximum absolute atomic E-state index is 12.8. The second-order valence-electron chi connectivity index (χ2n) is 6.05. The number of carbonyl (C=O) groups excluding carboxylic acids is 2. The lowest BCUT2D eigenvalue weighted by Gasteiger charge is -2.28. The lowest BCUT2D eigenvalue weighted by molar-refractivity contribution is -0.149. The third kappa shape index (κ3) is 4.12. The number of amides is 2. The zero-order valence-electron chi connectivity index (χ0n) is 13.3. The summed E-state index contributed by atoms with van der Waals surface area (Å²) in [6, 6.07) is -1.50. The standard InChI is InChI=1S/C15H19N3O4S3/c19-13(11(23)5-8-6-24-7-16-8)17-9-3-4-25-12-2-1-10(15(21)22)18(12)14(9)20/h6-7,9-12,23H,1-5H2,(H,17,19)(H,21,22)/t9-,10?,11?,12?/m0/s1. The third-order valence-corrected chi connectivity index (χ3v) is 6.76. The summed E-state index contributed by atoms with van der Waals surface area (Å²) >= 11 is 7.36. The normalized spacial score (nSPS) is 27.5. The second kappa shape index (κ2) is 7.96. The fraction of sp³-hybridized carbons (Fsp3) is 0.600. The van der Waals surface area contributed by atoms with Crippen LogP contribution in [0.5, 0.6) is 0 Å². The Morgan fingerprint density at radius 3 is 2.92 bits per heavy atom. The van der Waals surface area contributed by atoms with Gasteiger partial charge in [0.1, 0.15) is 12.1 Å². The van der Waals surface area contributed by atoms with E-state index in [0.29, 0.717) is 31.4 Å². The number of hydrogen-bond acceptors (Lipinski definition) is 7. The summed E-state index contributed by atoms with van der Waals surface area (Å²) in [7, 11) is 0. The predicted molar refractivity (Wildman–Crippen MR) is 98.9 cm³/mol. The van der Waals surface area contributed by atoms with Gasteiger partial charge in [-0.25, -0.2) is 9.78 Å². The minimum Gasteiger partial charge on any atom is -0.480 e. The van der Waals surface area contributed by atoms with Crippen molar-refractivity contribution < 1.29 is 19.5 Å². The van der Waals surface area contributed by atoms with Gasteiger partial charge in [0.2, 0.25) is 11.8 Å². The van der Waals surface area contributed by atoms with Gasteiger partial charge < -0.3 is 15.3 Å². The number of carboxylic acid groups (broad SMARTS) is 1. The summed E-state index contributed by atoms with van der Waals surface area (Å²) in [4.78, 5) is 42.2. The molecule has 0 radical (unpaired) electrons. The van der Waals surface area contributed by atoms with Crippen molar-refractivity contribution in [1.82, 2.24) is 15.2 Å². The summed E-state index contributed by atoms with van der Waals surface area (Å²) in [6.07, 6.45) is 2.01. The Morgan fingerprint density at radius 2 is 2.24 bits per heavy atom. The zero-order chi connectivity index (χ0) is 18.0. The van der Waals surface area contributed by atoms with Gasteiger partial charge in [0.25, 0.3) is 0 Å². The molecule has 0 aromatic carbocycles. The minimum atomic E-state index is -0.987. The third-order valence-electron chi connectivity index (χ3n) is 4.39. The number of thioether (sulfide) groups is 1. The highest BCUT2D eigenvalue weighted by Crippen LogP contribution is 2.35. The van der Waals surface area contributed by atoms with Gasteiger partial charge in [-0.2, -0.15) is 12.6 Å². The molecule has 7 nitrogen and oxygen atoms in total. The number of nitrogens with zero attached hydrogens (tertiary/aromatic N) is 2. The molecule has 2 saturated heterocycles. The van der Waals surface area contributed by atoms with E-state index >= 15 is 0 Å². The van der Waals surface area contributed by atoms with Gasteiger partial charge >= 0.3 is 5.97 Å². The number of nitrogens with one attached hydrogen (secondary N) is 1. The van der Waals surface area contributed by atoms with E-state index in [1.807, 2.05) is 5.38 Å². The quantitative estimate of drug-likeness (QED) is 0.637. The van der Waals surface area contributed by atoms with Crippen LogP contribution in [0.3, 0.4) is 0 Å². The van der Waals surface area contributed by atoms with Crippen LogP contribution in [0.1, 0.15) is 25.0 Å². The second-order valence-corrected chi connectivity index (χ2v) is 8.68. The van der Waals surface area contributed by atoms with Gasteiger partial charge in [-0.3, -0.25) is 9.59 Å². The van der Waals surface area contributed by atoms with Crippen LogP contribution in [0.4, 0.5) is 0 Å². The van der Waals surface area contributed by atoms with Crippen LogP contribution >= 0.6 is 35.7 Å². The van der Waals surface area contributed by atoms with Crippen LogP contribution in [0, 0.1) is 0 Å². The molecule has 25 heavy (non-hydrogen) atoms. The molecule has 2 fully saturated rings. The first kappa shape index (κ1) is 18.5. The summed E-state index contributed by atoms with van der Waals surface area (Å²) in [5.41, 5.74) is 2.48. The Labute approximate surface area is 159 Å². The SMILES string of the molecule is O=C(N[C@H]1CCSC2CCC(C(=O)O)N2C1=O)C(S)Cc1cscn1. The predicted octanol–water partition coefficient (Wildman–Crippen LogP) is 1.01. The highest BCUT2D eigenvalue weighted by Gasteiger charge is 2.45. The highest BCUT2D eigenvalue weighted by molar-refractivity contribution is 7.99. The van der Waals surface area contributed by atoms with Crippen molar-refractivity contribution in [1.29, 1.82) is 0 Å². The van der Waals surface area contributed by atoms with Crippen molar-refractivity contribution in [3.8, 4) is 0 Å². The number of carboxylic acids is 1. The van der Waals surface area contributed by atoms with Crippen molar-refractivity contribution in [2.24, 2.45) is 0 Å². The van der Waals surface area contributed by atoms with Gasteiger partial charge in [0.15, 0.2) is 0 Å². The molecule has 0 aliphatic carbocycles. The molecule has 2 amide bonds. The monoisotopic (exact) mass is 401 g/mol. The van der Waals surface area contributed by atoms with Gasteiger partial charge in [0.05, 0.1) is 21.8 Å². The largest absolute Gasteiger partial charge is 0.480 e. The molecule has 3 heterocycles. The summed E-state index contributed by atoms with van der Waals surface area (Å²) < 4.78 is 0. The molecule has 10 heteroatoms. The van der Waals surface area contributed by atoms with E-state index in [9.17, 15) is 19.5 Å². The van der Waals surface area contributed by atoms with Crippen LogP contribution in [0.2, 0.25) is 0 Å². The topological polar surface area (TPSA) is 99.6 Å². The summed E-state index contributed by atoms with van der Waals surface area (Å²) in [5, 5.41) is 13.3. The molecule has 1 aromatic heterocycles. The molecule has 3 unspecified atom stereocenters. The minimum absolute atomic E-state index is 0.114. The Bertz CT molecular complexity index is 654. The lowest BCUT2D eigenvalue weighted by atomic mass is 10.1. The molecular formula is C15H19N3O4S3. The summed E-state index contributed by atoms with van der Waals surface area (Å²) in [6.45, 7) is 0. The molecule has 0 saturated carbocycles. The van der Waals surface area contributed by atoms with Gasteiger partial charge in [-0.1, -0.05) is 0 Å². The molecule has 3 rings (SSSR count). The Balaban J connectivity index is 1.66. The van der Waals surface area contributed by atoms with E-state index in [0.717, 1.165) is 5.69 Å². The van der Waals surface area contributed by atoms with Crippen molar-refractivity contribution in [2.75, 3.05) is 5.75 Å². The molecule has 0 bridgehead atoms. The van der Waals surface area contributed by atoms with Crippen molar-refractivity contribution in [2.45, 2.75) is 48.4 Å². The van der Waals surface area contributed by atoms with Crippen molar-refractivity contribution in [3.63, 3.8) is 0 Å². The highest BCUT2D eigenvalue weighted by atomic mass is 32.2. The molecule has 4 atom stereocenters. The van der Waals surface area contributed by atoms with E-state index in [1.54, 1.807) is 17.3 Å². The van der Waals surface area contributed by atoms with Crippen molar-refractivity contribution in [3.05, 3.63) is 16.6 Å². The molecule has 136 valence electrons. The van der Waals surface area contributed by atoms with Crippen LogP contribution < -0.4 is 5.32 Å². The smallest absolute Gasteiger partial charge is 0.326 e. The van der Waals surface area contributed by atoms with Crippen LogP contribution in [0.15, 0.2) is 10.9 Å². The van der Waals surface area contributed by atoms with Crippen molar-refractivity contribution >= 4 is 53.5 Å². The lowest BCUT2D eigenvalue weighted by Crippen LogP contribution is -2.53. The Hall–Kier alpha value is -1.26. The number of thiazole rings is 1. The average Bonchev–Trinajstić information content (AvgIpc) is 3.19. The summed E-state index contributed by atoms with van der Waals surface area (Å²) in [5.74, 6) is -0.918. The number of fused-ring (bicyclic) bond motifs is 1. The van der Waals surface area contributed by atoms with E-state index in [-0.39, 0.29) is 17.2 Å². The van der Waals surface area contributed by atoms with E-state index in [4.69, 9.17) is 0 Å². The molecule has 2 aliphatic rings. The van der Waals surface area contributed by atoms with Crippen LogP contribution in [-0.2, 0) is 20.8 Å². The van der Waals surface area contributed by atoms with Gasteiger partial charge in [-0.15, -0.1) is 23.1 Å². The van der Waals surface area contributed by atoms with Crippen LogP contribution in [-0.4, -0.2) is 61.2 Å². The van der Waals surface area contributed by atoms with E-state index in [1.165, 1.54) is 16.2 Å². The number of aliphatic carboxylic acids is 1. The first-order valence-corrected chi connectivity index (χ1v) is 10.5. The number of rotatable bonds is 5. The molecular weight excluding hydrogens is 382 g/mol. The molecule has 1 aromatic rings. The van der Waals surface area contributed by atoms with E-state index < -0.39 is 23.3 Å². The fourth-order valence-corrected chi connectivity index (χ4v) is 5.33. The number of carbonyl (C=O) groups is 3. The van der Waals surface area contributed by atoms with Crippen LogP contribution in [0.25, 0.3) is 0 Å². The van der Waals surface area contributed by atoms with E-state index in [2.05, 4.69) is 22.9 Å². The Kier molecular flexibility index (Phi) is 5.90. The maximum Gasteiger partial charge on any atom is 0.326 e. The fourth-order valence-electron chi connectivity index (χ4n) is 3.14. The number of aromatic nitrogens is 1. The average molecular weight is 402 g/mol. The molecule has 0 spiro atoms. The number of thiol groups is 1.